The summed E-state index contributed by atoms with van der Waals surface area (Å²) in [4.78, 5) is 12.8. The van der Waals surface area contributed by atoms with Gasteiger partial charge in [-0.25, -0.2) is 12.7 Å². The zero-order valence-electron chi connectivity index (χ0n) is 15.0. The van der Waals surface area contributed by atoms with Crippen LogP contribution in [0.3, 0.4) is 0 Å². The molecule has 1 spiro atoms. The van der Waals surface area contributed by atoms with Crippen LogP contribution in [-0.4, -0.2) is 30.4 Å². The Morgan fingerprint density at radius 1 is 1.35 bits per heavy atom. The van der Waals surface area contributed by atoms with Gasteiger partial charge in [0.1, 0.15) is 0 Å². The summed E-state index contributed by atoms with van der Waals surface area (Å²) in [7, 11) is -3.44. The molecule has 0 radical (unpaired) electrons. The van der Waals surface area contributed by atoms with E-state index in [1.54, 1.807) is 0 Å². The first-order valence-electron chi connectivity index (χ1n) is 9.20. The van der Waals surface area contributed by atoms with Crippen molar-refractivity contribution in [1.82, 2.24) is 4.31 Å². The van der Waals surface area contributed by atoms with Crippen LogP contribution in [0, 0.1) is 22.7 Å². The molecule has 0 N–H and O–H groups in total. The lowest BCUT2D eigenvalue weighted by molar-refractivity contribution is -0.129. The van der Waals surface area contributed by atoms with Gasteiger partial charge < -0.3 is 0 Å². The Hall–Kier alpha value is -0.580. The molecule has 132 valence electrons. The van der Waals surface area contributed by atoms with Crippen molar-refractivity contribution in [1.29, 1.82) is 0 Å². The fourth-order valence-electron chi connectivity index (χ4n) is 5.66. The highest BCUT2D eigenvalue weighted by molar-refractivity contribution is 7.90. The molecule has 1 aliphatic heterocycles. The Balaban J connectivity index is 1.82. The molecule has 1 saturated heterocycles. The molecule has 4 atom stereocenters. The van der Waals surface area contributed by atoms with Crippen LogP contribution in [-0.2, 0) is 14.8 Å². The highest BCUT2D eigenvalue weighted by Crippen LogP contribution is 2.70. The molecule has 1 heterocycles. The zero-order chi connectivity index (χ0) is 17.0. The predicted molar refractivity (Wildman–Crippen MR) is 91.3 cm³/mol. The van der Waals surface area contributed by atoms with Gasteiger partial charge in [0.05, 0.1) is 11.8 Å². The van der Waals surface area contributed by atoms with Gasteiger partial charge in [-0.05, 0) is 36.5 Å². The normalized spacial score (nSPS) is 37.8. The van der Waals surface area contributed by atoms with Crippen molar-refractivity contribution in [3.63, 3.8) is 0 Å². The maximum Gasteiger partial charge on any atom is 0.238 e. The van der Waals surface area contributed by atoms with E-state index in [-0.39, 0.29) is 34.4 Å². The SMILES string of the molecule is CCCCC(C)CC(=O)N1C2CC3CCC2(CS1(=O)=O)C3(C)C. The number of fused-ring (bicyclic) bond motifs is 1. The molecule has 5 heteroatoms. The molecule has 4 unspecified atom stereocenters. The van der Waals surface area contributed by atoms with Crippen molar-refractivity contribution >= 4 is 15.9 Å². The smallest absolute Gasteiger partial charge is 0.238 e. The van der Waals surface area contributed by atoms with E-state index >= 15 is 0 Å². The summed E-state index contributed by atoms with van der Waals surface area (Å²) >= 11 is 0. The molecule has 0 aromatic carbocycles. The first-order chi connectivity index (χ1) is 10.7. The summed E-state index contributed by atoms with van der Waals surface area (Å²) in [5.74, 6) is 0.860. The Kier molecular flexibility index (Phi) is 4.10. The average molecular weight is 342 g/mol. The number of carbonyl (C=O) groups is 1. The molecule has 2 bridgehead atoms. The number of carbonyl (C=O) groups excluding carboxylic acids is 1. The van der Waals surface area contributed by atoms with Gasteiger partial charge in [0.2, 0.25) is 15.9 Å². The van der Waals surface area contributed by atoms with Crippen LogP contribution in [0.4, 0.5) is 0 Å². The van der Waals surface area contributed by atoms with Crippen molar-refractivity contribution in [3.05, 3.63) is 0 Å². The monoisotopic (exact) mass is 341 g/mol. The van der Waals surface area contributed by atoms with Gasteiger partial charge in [-0.15, -0.1) is 0 Å². The van der Waals surface area contributed by atoms with Crippen LogP contribution in [0.5, 0.6) is 0 Å². The largest absolute Gasteiger partial charge is 0.274 e. The predicted octanol–water partition coefficient (Wildman–Crippen LogP) is 3.57. The fourth-order valence-corrected chi connectivity index (χ4v) is 8.22. The standard InChI is InChI=1S/C18H31NO3S/c1-5-6-7-13(2)10-16(20)19-15-11-14-8-9-18(15,17(14,3)4)12-23(19,21)22/h13-15H,5-12H2,1-4H3. The van der Waals surface area contributed by atoms with E-state index < -0.39 is 10.0 Å². The highest BCUT2D eigenvalue weighted by atomic mass is 32.2. The quantitative estimate of drug-likeness (QED) is 0.768. The number of unbranched alkanes of at least 4 members (excludes halogenated alkanes) is 1. The molecule has 4 nitrogen and oxygen atoms in total. The minimum Gasteiger partial charge on any atom is -0.274 e. The van der Waals surface area contributed by atoms with Crippen LogP contribution in [0.15, 0.2) is 0 Å². The summed E-state index contributed by atoms with van der Waals surface area (Å²) in [6.45, 7) is 8.65. The van der Waals surface area contributed by atoms with E-state index in [0.29, 0.717) is 12.3 Å². The number of hydrogen-bond acceptors (Lipinski definition) is 3. The molecule has 0 aromatic heterocycles. The Morgan fingerprint density at radius 3 is 2.65 bits per heavy atom. The lowest BCUT2D eigenvalue weighted by Crippen LogP contribution is -2.44. The van der Waals surface area contributed by atoms with Gasteiger partial charge in [-0.1, -0.05) is 47.0 Å². The van der Waals surface area contributed by atoms with Gasteiger partial charge in [-0.3, -0.25) is 4.79 Å². The van der Waals surface area contributed by atoms with E-state index in [9.17, 15) is 13.2 Å². The number of hydrogen-bond donors (Lipinski definition) is 0. The lowest BCUT2D eigenvalue weighted by Gasteiger charge is -2.37. The van der Waals surface area contributed by atoms with E-state index in [1.165, 1.54) is 4.31 Å². The molecule has 3 aliphatic rings. The van der Waals surface area contributed by atoms with Crippen molar-refractivity contribution in [3.8, 4) is 0 Å². The summed E-state index contributed by atoms with van der Waals surface area (Å²) in [5, 5.41) is 0. The second-order valence-corrected chi connectivity index (χ2v) is 10.6. The molecule has 1 amide bonds. The molecule has 3 fully saturated rings. The minimum atomic E-state index is -3.44. The molecule has 2 saturated carbocycles. The first kappa shape index (κ1) is 17.2. The third kappa shape index (κ3) is 2.37. The van der Waals surface area contributed by atoms with E-state index in [1.807, 2.05) is 0 Å². The van der Waals surface area contributed by atoms with Gasteiger partial charge in [-0.2, -0.15) is 0 Å². The Labute approximate surface area is 141 Å². The highest BCUT2D eigenvalue weighted by Gasteiger charge is 2.72. The third-order valence-electron chi connectivity index (χ3n) is 7.23. The fraction of sp³-hybridized carbons (Fsp3) is 0.944. The zero-order valence-corrected chi connectivity index (χ0v) is 15.8. The van der Waals surface area contributed by atoms with Crippen molar-refractivity contribution in [2.45, 2.75) is 78.7 Å². The first-order valence-corrected chi connectivity index (χ1v) is 10.8. The topological polar surface area (TPSA) is 54.5 Å². The number of rotatable bonds is 5. The third-order valence-corrected chi connectivity index (χ3v) is 9.17. The second-order valence-electron chi connectivity index (χ2n) is 8.76. The van der Waals surface area contributed by atoms with Gasteiger partial charge in [0.15, 0.2) is 0 Å². The van der Waals surface area contributed by atoms with Crippen molar-refractivity contribution < 1.29 is 13.2 Å². The minimum absolute atomic E-state index is 0.0353. The lowest BCUT2D eigenvalue weighted by atomic mass is 9.69. The van der Waals surface area contributed by atoms with E-state index in [0.717, 1.165) is 38.5 Å². The molecule has 2 aliphatic carbocycles. The number of nitrogens with zero attached hydrogens (tertiary/aromatic N) is 1. The number of sulfonamides is 1. The summed E-state index contributed by atoms with van der Waals surface area (Å²) in [6, 6.07) is -0.0767. The number of amides is 1. The van der Waals surface area contributed by atoms with E-state index in [2.05, 4.69) is 27.7 Å². The van der Waals surface area contributed by atoms with Crippen LogP contribution in [0.2, 0.25) is 0 Å². The van der Waals surface area contributed by atoms with E-state index in [4.69, 9.17) is 0 Å². The van der Waals surface area contributed by atoms with Gasteiger partial charge >= 0.3 is 0 Å². The van der Waals surface area contributed by atoms with Crippen molar-refractivity contribution in [2.24, 2.45) is 22.7 Å². The van der Waals surface area contributed by atoms with Crippen molar-refractivity contribution in [2.75, 3.05) is 5.75 Å². The molecular formula is C18H31NO3S. The van der Waals surface area contributed by atoms with Crippen LogP contribution in [0.1, 0.15) is 72.6 Å². The van der Waals surface area contributed by atoms with Crippen LogP contribution in [0.25, 0.3) is 0 Å². The Morgan fingerprint density at radius 2 is 2.04 bits per heavy atom. The van der Waals surface area contributed by atoms with Crippen LogP contribution >= 0.6 is 0 Å². The average Bonchev–Trinajstić information content (AvgIpc) is 2.91. The molecular weight excluding hydrogens is 310 g/mol. The summed E-state index contributed by atoms with van der Waals surface area (Å²) in [6.07, 6.45) is 6.54. The maximum absolute atomic E-state index is 12.8. The Bertz CT molecular complexity index is 597. The van der Waals surface area contributed by atoms with Crippen LogP contribution < -0.4 is 0 Å². The second kappa shape index (κ2) is 5.47. The summed E-state index contributed by atoms with van der Waals surface area (Å²) < 4.78 is 26.9. The molecule has 0 aromatic rings. The molecule has 3 rings (SSSR count). The maximum atomic E-state index is 12.8. The van der Waals surface area contributed by atoms with Gasteiger partial charge in [0.25, 0.3) is 0 Å². The molecule has 23 heavy (non-hydrogen) atoms. The van der Waals surface area contributed by atoms with Gasteiger partial charge in [0, 0.05) is 11.8 Å². The summed E-state index contributed by atoms with van der Waals surface area (Å²) in [5.41, 5.74) is -0.160.